The molecule has 0 fully saturated rings. The molecule has 114 valence electrons. The van der Waals surface area contributed by atoms with Crippen LogP contribution in [0.1, 0.15) is 46.0 Å². The Balaban J connectivity index is 1.89. The molecule has 4 nitrogen and oxygen atoms in total. The van der Waals surface area contributed by atoms with Gasteiger partial charge >= 0.3 is 0 Å². The summed E-state index contributed by atoms with van der Waals surface area (Å²) in [6, 6.07) is 5.84. The first-order valence-corrected chi connectivity index (χ1v) is 8.16. The maximum absolute atomic E-state index is 5.33. The molecule has 0 aliphatic rings. The Hall–Kier alpha value is -1.49. The highest BCUT2D eigenvalue weighted by Gasteiger charge is 2.09. The van der Waals surface area contributed by atoms with E-state index in [1.165, 1.54) is 25.7 Å². The Morgan fingerprint density at radius 2 is 2.00 bits per heavy atom. The Morgan fingerprint density at radius 1 is 1.19 bits per heavy atom. The van der Waals surface area contributed by atoms with E-state index in [9.17, 15) is 0 Å². The van der Waals surface area contributed by atoms with Gasteiger partial charge in [-0.15, -0.1) is 0 Å². The SMILES string of the molecule is CC(C)CCCCCCn1c(-c2ccccn2)n[nH]c1=S. The molecule has 21 heavy (non-hydrogen) atoms. The summed E-state index contributed by atoms with van der Waals surface area (Å²) in [7, 11) is 0. The van der Waals surface area contributed by atoms with E-state index in [1.807, 2.05) is 18.2 Å². The molecule has 0 unspecified atom stereocenters. The first-order chi connectivity index (χ1) is 10.2. The number of H-pyrrole nitrogens is 1. The number of unbranched alkanes of at least 4 members (excludes halogenated alkanes) is 3. The molecule has 0 amide bonds. The normalized spacial score (nSPS) is 11.2. The van der Waals surface area contributed by atoms with Crippen LogP contribution in [0.25, 0.3) is 11.5 Å². The van der Waals surface area contributed by atoms with Crippen molar-refractivity contribution in [3.8, 4) is 11.5 Å². The molecule has 1 N–H and O–H groups in total. The van der Waals surface area contributed by atoms with Crippen molar-refractivity contribution < 1.29 is 0 Å². The van der Waals surface area contributed by atoms with Crippen LogP contribution in [0.5, 0.6) is 0 Å². The van der Waals surface area contributed by atoms with Crippen LogP contribution in [-0.2, 0) is 6.54 Å². The molecule has 0 atom stereocenters. The molecule has 0 saturated carbocycles. The quantitative estimate of drug-likeness (QED) is 0.572. The number of rotatable bonds is 8. The largest absolute Gasteiger partial charge is 0.299 e. The van der Waals surface area contributed by atoms with E-state index < -0.39 is 0 Å². The summed E-state index contributed by atoms with van der Waals surface area (Å²) in [5.74, 6) is 1.64. The summed E-state index contributed by atoms with van der Waals surface area (Å²) in [6.07, 6.45) is 8.09. The van der Waals surface area contributed by atoms with Crippen LogP contribution >= 0.6 is 12.2 Å². The second-order valence-corrected chi connectivity index (χ2v) is 6.20. The third kappa shape index (κ3) is 4.77. The smallest absolute Gasteiger partial charge is 0.195 e. The monoisotopic (exact) mass is 304 g/mol. The number of nitrogens with zero attached hydrogens (tertiary/aromatic N) is 3. The lowest BCUT2D eigenvalue weighted by Gasteiger charge is -2.07. The maximum Gasteiger partial charge on any atom is 0.195 e. The van der Waals surface area contributed by atoms with Gasteiger partial charge < -0.3 is 0 Å². The van der Waals surface area contributed by atoms with Crippen LogP contribution in [0.2, 0.25) is 0 Å². The molecule has 0 aliphatic carbocycles. The van der Waals surface area contributed by atoms with E-state index in [0.29, 0.717) is 4.77 Å². The second-order valence-electron chi connectivity index (χ2n) is 5.82. The predicted molar refractivity (Wildman–Crippen MR) is 88.6 cm³/mol. The topological polar surface area (TPSA) is 46.5 Å². The summed E-state index contributed by atoms with van der Waals surface area (Å²) in [6.45, 7) is 5.47. The zero-order valence-electron chi connectivity index (χ0n) is 12.9. The van der Waals surface area contributed by atoms with Gasteiger partial charge in [-0.1, -0.05) is 45.6 Å². The third-order valence-electron chi connectivity index (χ3n) is 3.57. The van der Waals surface area contributed by atoms with Crippen LogP contribution in [0.15, 0.2) is 24.4 Å². The zero-order chi connectivity index (χ0) is 15.1. The average Bonchev–Trinajstić information content (AvgIpc) is 2.84. The Bertz CT molecular complexity index is 586. The summed E-state index contributed by atoms with van der Waals surface area (Å²) in [4.78, 5) is 4.35. The fraction of sp³-hybridized carbons (Fsp3) is 0.562. The molecule has 0 aliphatic heterocycles. The highest BCUT2D eigenvalue weighted by Crippen LogP contribution is 2.16. The van der Waals surface area contributed by atoms with Crippen LogP contribution < -0.4 is 0 Å². The van der Waals surface area contributed by atoms with Crippen molar-refractivity contribution in [2.75, 3.05) is 0 Å². The standard InChI is InChI=1S/C16H24N4S/c1-13(2)9-5-3-4-8-12-20-15(18-19-16(20)21)14-10-6-7-11-17-14/h6-7,10-11,13H,3-5,8-9,12H2,1-2H3,(H,19,21). The molecule has 2 aromatic heterocycles. The summed E-state index contributed by atoms with van der Waals surface area (Å²) in [5.41, 5.74) is 0.865. The fourth-order valence-corrected chi connectivity index (χ4v) is 2.62. The van der Waals surface area contributed by atoms with E-state index in [1.54, 1.807) is 6.20 Å². The lowest BCUT2D eigenvalue weighted by Crippen LogP contribution is -2.02. The Labute approximate surface area is 131 Å². The number of hydrogen-bond acceptors (Lipinski definition) is 3. The summed E-state index contributed by atoms with van der Waals surface area (Å²) >= 11 is 5.33. The summed E-state index contributed by atoms with van der Waals surface area (Å²) < 4.78 is 2.73. The first-order valence-electron chi connectivity index (χ1n) is 7.75. The molecule has 0 aromatic carbocycles. The van der Waals surface area contributed by atoms with Crippen LogP contribution in [0.3, 0.4) is 0 Å². The Kier molecular flexibility index (Phi) is 6.11. The van der Waals surface area contributed by atoms with Crippen molar-refractivity contribution in [1.82, 2.24) is 19.7 Å². The van der Waals surface area contributed by atoms with E-state index in [4.69, 9.17) is 12.2 Å². The van der Waals surface area contributed by atoms with Crippen LogP contribution in [-0.4, -0.2) is 19.7 Å². The van der Waals surface area contributed by atoms with Gasteiger partial charge in [0.15, 0.2) is 10.6 Å². The number of aromatic amines is 1. The van der Waals surface area contributed by atoms with Gasteiger partial charge in [-0.3, -0.25) is 14.6 Å². The summed E-state index contributed by atoms with van der Waals surface area (Å²) in [5, 5.41) is 7.19. The van der Waals surface area contributed by atoms with Crippen LogP contribution in [0.4, 0.5) is 0 Å². The first kappa shape index (κ1) is 15.9. The molecule has 2 rings (SSSR count). The zero-order valence-corrected chi connectivity index (χ0v) is 13.7. The number of pyridine rings is 1. The molecular formula is C16H24N4S. The maximum atomic E-state index is 5.33. The minimum atomic E-state index is 0.679. The molecule has 0 saturated heterocycles. The number of nitrogens with one attached hydrogen (secondary N) is 1. The number of hydrogen-bond donors (Lipinski definition) is 1. The lowest BCUT2D eigenvalue weighted by molar-refractivity contribution is 0.505. The molecule has 0 spiro atoms. The minimum absolute atomic E-state index is 0.679. The van der Waals surface area contributed by atoms with Crippen molar-refractivity contribution in [1.29, 1.82) is 0 Å². The second kappa shape index (κ2) is 8.08. The van der Waals surface area contributed by atoms with E-state index in [-0.39, 0.29) is 0 Å². The van der Waals surface area contributed by atoms with E-state index in [2.05, 4.69) is 33.6 Å². The molecular weight excluding hydrogens is 280 g/mol. The molecule has 5 heteroatoms. The predicted octanol–water partition coefficient (Wildman–Crippen LogP) is 4.61. The van der Waals surface area contributed by atoms with E-state index >= 15 is 0 Å². The number of aromatic nitrogens is 4. The van der Waals surface area contributed by atoms with Gasteiger partial charge in [0, 0.05) is 12.7 Å². The molecule has 0 bridgehead atoms. The molecule has 2 aromatic rings. The lowest BCUT2D eigenvalue weighted by atomic mass is 10.0. The minimum Gasteiger partial charge on any atom is -0.299 e. The van der Waals surface area contributed by atoms with Gasteiger partial charge in [0.25, 0.3) is 0 Å². The van der Waals surface area contributed by atoms with E-state index in [0.717, 1.165) is 30.4 Å². The van der Waals surface area contributed by atoms with Gasteiger partial charge in [0.05, 0.1) is 0 Å². The van der Waals surface area contributed by atoms with Crippen molar-refractivity contribution >= 4 is 12.2 Å². The van der Waals surface area contributed by atoms with Crippen LogP contribution in [0, 0.1) is 10.7 Å². The fourth-order valence-electron chi connectivity index (χ4n) is 2.39. The van der Waals surface area contributed by atoms with Gasteiger partial charge in [-0.05, 0) is 36.7 Å². The van der Waals surface area contributed by atoms with Crippen molar-refractivity contribution in [2.24, 2.45) is 5.92 Å². The van der Waals surface area contributed by atoms with Crippen molar-refractivity contribution in [3.05, 3.63) is 29.2 Å². The van der Waals surface area contributed by atoms with Gasteiger partial charge in [-0.2, -0.15) is 5.10 Å². The average molecular weight is 304 g/mol. The van der Waals surface area contributed by atoms with Gasteiger partial charge in [0.2, 0.25) is 0 Å². The molecule has 0 radical (unpaired) electrons. The Morgan fingerprint density at radius 3 is 2.71 bits per heavy atom. The highest BCUT2D eigenvalue weighted by atomic mass is 32.1. The van der Waals surface area contributed by atoms with Crippen molar-refractivity contribution in [2.45, 2.75) is 52.5 Å². The van der Waals surface area contributed by atoms with Crippen molar-refractivity contribution in [3.63, 3.8) is 0 Å². The van der Waals surface area contributed by atoms with Gasteiger partial charge in [0.1, 0.15) is 5.69 Å². The van der Waals surface area contributed by atoms with Gasteiger partial charge in [-0.25, -0.2) is 0 Å². The highest BCUT2D eigenvalue weighted by molar-refractivity contribution is 7.71. The third-order valence-corrected chi connectivity index (χ3v) is 3.88. The molecule has 2 heterocycles.